The number of nitrogens with zero attached hydrogens (tertiary/aromatic N) is 4. The van der Waals surface area contributed by atoms with Gasteiger partial charge in [0.15, 0.2) is 0 Å². The van der Waals surface area contributed by atoms with E-state index in [1.54, 1.807) is 0 Å². The molecule has 0 aromatic carbocycles. The average molecular weight is 436 g/mol. The number of nitrogens with one attached hydrogen (secondary N) is 1. The van der Waals surface area contributed by atoms with Crippen LogP contribution in [-0.4, -0.2) is 88.6 Å². The van der Waals surface area contributed by atoms with Crippen molar-refractivity contribution in [1.82, 2.24) is 25.2 Å². The van der Waals surface area contributed by atoms with Crippen LogP contribution in [0.25, 0.3) is 0 Å². The van der Waals surface area contributed by atoms with Crippen molar-refractivity contribution in [2.45, 2.75) is 82.1 Å². The highest BCUT2D eigenvalue weighted by Gasteiger charge is 2.32. The Morgan fingerprint density at radius 3 is 2.74 bits per heavy atom. The molecule has 1 amide bonds. The number of rotatable bonds is 8. The number of carbonyl (C=O) groups is 1. The van der Waals surface area contributed by atoms with E-state index in [4.69, 9.17) is 9.47 Å². The van der Waals surface area contributed by atoms with Crippen LogP contribution in [0.5, 0.6) is 0 Å². The molecule has 9 nitrogen and oxygen atoms in total. The second kappa shape index (κ2) is 11.4. The highest BCUT2D eigenvalue weighted by Crippen LogP contribution is 2.31. The fraction of sp³-hybridized carbons (Fsp3) is 0.864. The van der Waals surface area contributed by atoms with Crippen molar-refractivity contribution in [3.05, 3.63) is 11.9 Å². The third-order valence-corrected chi connectivity index (χ3v) is 6.87. The lowest BCUT2D eigenvalue weighted by Crippen LogP contribution is -2.53. The first-order chi connectivity index (χ1) is 15.2. The van der Waals surface area contributed by atoms with Gasteiger partial charge in [0.05, 0.1) is 44.2 Å². The van der Waals surface area contributed by atoms with Crippen LogP contribution < -0.4 is 5.32 Å². The molecule has 3 fully saturated rings. The first kappa shape index (κ1) is 22.6. The number of aliphatic hydroxyl groups excluding tert-OH is 1. The van der Waals surface area contributed by atoms with Crippen LogP contribution in [0.4, 0.5) is 0 Å². The molecule has 2 saturated heterocycles. The average Bonchev–Trinajstić information content (AvgIpc) is 3.29. The van der Waals surface area contributed by atoms with Gasteiger partial charge in [0.1, 0.15) is 6.10 Å². The fourth-order valence-corrected chi connectivity index (χ4v) is 5.01. The second-order valence-electron chi connectivity index (χ2n) is 9.15. The fourth-order valence-electron chi connectivity index (χ4n) is 5.01. The van der Waals surface area contributed by atoms with E-state index in [1.807, 2.05) is 4.68 Å². The predicted molar refractivity (Wildman–Crippen MR) is 115 cm³/mol. The van der Waals surface area contributed by atoms with E-state index in [2.05, 4.69) is 26.7 Å². The maximum atomic E-state index is 12.4. The van der Waals surface area contributed by atoms with E-state index in [-0.39, 0.29) is 30.8 Å². The van der Waals surface area contributed by atoms with Crippen molar-refractivity contribution in [2.75, 3.05) is 39.5 Å². The number of ether oxygens (including phenoxy) is 2. The van der Waals surface area contributed by atoms with Crippen LogP contribution in [0.1, 0.15) is 63.0 Å². The molecule has 0 bridgehead atoms. The first-order valence-electron chi connectivity index (χ1n) is 12.0. The van der Waals surface area contributed by atoms with Gasteiger partial charge in [-0.15, -0.1) is 5.10 Å². The van der Waals surface area contributed by atoms with Gasteiger partial charge >= 0.3 is 0 Å². The summed E-state index contributed by atoms with van der Waals surface area (Å²) in [6.07, 6.45) is 10.7. The SMILES string of the molecule is O=C(CN1CCOCC1)N[C@@H]1CC[C@H](CCn2cc(C3CCCCC3)nn2)O[C@H]1CO. The van der Waals surface area contributed by atoms with Crippen LogP contribution >= 0.6 is 0 Å². The van der Waals surface area contributed by atoms with Gasteiger partial charge in [0.25, 0.3) is 0 Å². The molecular formula is C22H37N5O4. The Morgan fingerprint density at radius 1 is 1.16 bits per heavy atom. The number of aromatic nitrogens is 3. The number of carbonyl (C=O) groups excluding carboxylic acids is 1. The van der Waals surface area contributed by atoms with Crippen molar-refractivity contribution in [3.8, 4) is 0 Å². The lowest BCUT2D eigenvalue weighted by Gasteiger charge is -2.36. The largest absolute Gasteiger partial charge is 0.394 e. The van der Waals surface area contributed by atoms with E-state index < -0.39 is 0 Å². The normalized spacial score (nSPS) is 28.5. The smallest absolute Gasteiger partial charge is 0.234 e. The highest BCUT2D eigenvalue weighted by atomic mass is 16.5. The molecule has 9 heteroatoms. The minimum Gasteiger partial charge on any atom is -0.394 e. The topological polar surface area (TPSA) is 102 Å². The summed E-state index contributed by atoms with van der Waals surface area (Å²) in [5, 5.41) is 21.6. The van der Waals surface area contributed by atoms with Crippen molar-refractivity contribution in [2.24, 2.45) is 0 Å². The predicted octanol–water partition coefficient (Wildman–Crippen LogP) is 1.07. The Hall–Kier alpha value is -1.55. The molecule has 174 valence electrons. The lowest BCUT2D eigenvalue weighted by atomic mass is 9.87. The minimum absolute atomic E-state index is 0.00902. The standard InChI is InChI=1S/C22H37N5O4/c28-16-21-19(23-22(29)15-26-10-12-30-13-11-26)7-6-18(31-21)8-9-27-14-20(24-25-27)17-4-2-1-3-5-17/h14,17-19,21,28H,1-13,15-16H2,(H,23,29)/t18-,19-,21+/m1/s1. The third-order valence-electron chi connectivity index (χ3n) is 6.87. The number of morpholine rings is 1. The molecule has 2 N–H and O–H groups in total. The van der Waals surface area contributed by atoms with E-state index >= 15 is 0 Å². The number of amides is 1. The summed E-state index contributed by atoms with van der Waals surface area (Å²) in [6, 6.07) is -0.140. The van der Waals surface area contributed by atoms with Gasteiger partial charge in [-0.3, -0.25) is 14.4 Å². The van der Waals surface area contributed by atoms with Gasteiger partial charge in [-0.05, 0) is 32.1 Å². The summed E-state index contributed by atoms with van der Waals surface area (Å²) < 4.78 is 13.4. The van der Waals surface area contributed by atoms with E-state index in [9.17, 15) is 9.90 Å². The van der Waals surface area contributed by atoms with Crippen LogP contribution in [0.15, 0.2) is 6.20 Å². The van der Waals surface area contributed by atoms with Crippen molar-refractivity contribution in [1.29, 1.82) is 0 Å². The lowest BCUT2D eigenvalue weighted by molar-refractivity contribution is -0.130. The zero-order valence-corrected chi connectivity index (χ0v) is 18.5. The van der Waals surface area contributed by atoms with Crippen molar-refractivity contribution >= 4 is 5.91 Å². The maximum absolute atomic E-state index is 12.4. The Kier molecular flexibility index (Phi) is 8.29. The number of hydrogen-bond donors (Lipinski definition) is 2. The van der Waals surface area contributed by atoms with Gasteiger partial charge < -0.3 is 19.9 Å². The van der Waals surface area contributed by atoms with Gasteiger partial charge in [-0.1, -0.05) is 24.5 Å². The Bertz CT molecular complexity index is 687. The molecular weight excluding hydrogens is 398 g/mol. The molecule has 3 aliphatic rings. The second-order valence-corrected chi connectivity index (χ2v) is 9.15. The van der Waals surface area contributed by atoms with Crippen molar-refractivity contribution < 1.29 is 19.4 Å². The van der Waals surface area contributed by atoms with Crippen LogP contribution in [-0.2, 0) is 20.8 Å². The molecule has 0 radical (unpaired) electrons. The summed E-state index contributed by atoms with van der Waals surface area (Å²) in [6.45, 7) is 3.96. The van der Waals surface area contributed by atoms with Crippen LogP contribution in [0.2, 0.25) is 0 Å². The molecule has 2 aliphatic heterocycles. The van der Waals surface area contributed by atoms with E-state index in [0.29, 0.717) is 25.7 Å². The summed E-state index contributed by atoms with van der Waals surface area (Å²) in [4.78, 5) is 14.5. The Morgan fingerprint density at radius 2 is 1.97 bits per heavy atom. The summed E-state index contributed by atoms with van der Waals surface area (Å²) >= 11 is 0. The molecule has 0 unspecified atom stereocenters. The van der Waals surface area contributed by atoms with E-state index in [0.717, 1.165) is 44.6 Å². The molecule has 3 heterocycles. The van der Waals surface area contributed by atoms with Crippen molar-refractivity contribution in [3.63, 3.8) is 0 Å². The number of aryl methyl sites for hydroxylation is 1. The molecule has 3 atom stereocenters. The molecule has 1 aromatic rings. The maximum Gasteiger partial charge on any atom is 0.234 e. The monoisotopic (exact) mass is 435 g/mol. The van der Waals surface area contributed by atoms with Crippen LogP contribution in [0.3, 0.4) is 0 Å². The zero-order valence-electron chi connectivity index (χ0n) is 18.5. The van der Waals surface area contributed by atoms with Gasteiger partial charge in [0.2, 0.25) is 5.91 Å². The number of aliphatic hydroxyl groups is 1. The van der Waals surface area contributed by atoms with Gasteiger partial charge in [0, 0.05) is 31.7 Å². The molecule has 31 heavy (non-hydrogen) atoms. The summed E-state index contributed by atoms with van der Waals surface area (Å²) in [5.74, 6) is 0.555. The highest BCUT2D eigenvalue weighted by molar-refractivity contribution is 5.78. The zero-order chi connectivity index (χ0) is 21.5. The van der Waals surface area contributed by atoms with Gasteiger partial charge in [-0.25, -0.2) is 0 Å². The Balaban J connectivity index is 1.20. The first-order valence-corrected chi connectivity index (χ1v) is 12.0. The van der Waals surface area contributed by atoms with E-state index in [1.165, 1.54) is 32.1 Å². The molecule has 1 aromatic heterocycles. The quantitative estimate of drug-likeness (QED) is 0.630. The van der Waals surface area contributed by atoms with Gasteiger partial charge in [-0.2, -0.15) is 0 Å². The summed E-state index contributed by atoms with van der Waals surface area (Å²) in [7, 11) is 0. The molecule has 4 rings (SSSR count). The third kappa shape index (κ3) is 6.47. The molecule has 1 saturated carbocycles. The minimum atomic E-state index is -0.360. The Labute approximate surface area is 184 Å². The summed E-state index contributed by atoms with van der Waals surface area (Å²) in [5.41, 5.74) is 1.13. The molecule has 1 aliphatic carbocycles. The number of hydrogen-bond acceptors (Lipinski definition) is 7. The molecule has 0 spiro atoms. The van der Waals surface area contributed by atoms with Crippen LogP contribution in [0, 0.1) is 0 Å².